The quantitative estimate of drug-likeness (QED) is 0.801. The van der Waals surface area contributed by atoms with Gasteiger partial charge < -0.3 is 4.74 Å². The zero-order valence-corrected chi connectivity index (χ0v) is 11.9. The molecular formula is C13H8ClF3O3S. The molecule has 0 radical (unpaired) electrons. The molecule has 0 N–H and O–H groups in total. The van der Waals surface area contributed by atoms with E-state index in [0.29, 0.717) is 17.7 Å². The molecule has 0 aromatic heterocycles. The van der Waals surface area contributed by atoms with Crippen molar-refractivity contribution < 1.29 is 26.3 Å². The summed E-state index contributed by atoms with van der Waals surface area (Å²) in [5.41, 5.74) is 0.470. The first kappa shape index (κ1) is 15.7. The van der Waals surface area contributed by atoms with Crippen LogP contribution < -0.4 is 4.74 Å². The number of halogens is 4. The normalized spacial score (nSPS) is 11.4. The van der Waals surface area contributed by atoms with Gasteiger partial charge in [-0.15, -0.1) is 0 Å². The Hall–Kier alpha value is -1.73. The molecular weight excluding hydrogens is 329 g/mol. The van der Waals surface area contributed by atoms with Gasteiger partial charge in [0, 0.05) is 16.7 Å². The van der Waals surface area contributed by atoms with E-state index in [9.17, 15) is 21.6 Å². The lowest BCUT2D eigenvalue weighted by Gasteiger charge is -2.11. The van der Waals surface area contributed by atoms with Crippen LogP contribution in [0.5, 0.6) is 5.75 Å². The van der Waals surface area contributed by atoms with Crippen molar-refractivity contribution in [3.8, 4) is 5.75 Å². The molecule has 0 aliphatic rings. The predicted molar refractivity (Wildman–Crippen MR) is 70.1 cm³/mol. The van der Waals surface area contributed by atoms with E-state index in [2.05, 4.69) is 0 Å². The van der Waals surface area contributed by atoms with Gasteiger partial charge in [-0.25, -0.2) is 21.6 Å². The van der Waals surface area contributed by atoms with Gasteiger partial charge in [0.25, 0.3) is 9.05 Å². The van der Waals surface area contributed by atoms with Crippen LogP contribution in [0.2, 0.25) is 0 Å². The topological polar surface area (TPSA) is 43.4 Å². The summed E-state index contributed by atoms with van der Waals surface area (Å²) in [7, 11) is 0.737. The summed E-state index contributed by atoms with van der Waals surface area (Å²) < 4.78 is 67.2. The summed E-state index contributed by atoms with van der Waals surface area (Å²) in [5, 5.41) is 0. The molecule has 0 spiro atoms. The Morgan fingerprint density at radius 3 is 2.19 bits per heavy atom. The van der Waals surface area contributed by atoms with Crippen molar-refractivity contribution in [3.63, 3.8) is 0 Å². The standard InChI is InChI=1S/C13H8ClF3O3S/c14-21(18,19)12-6-10(16)5-11(17)13(12)20-7-8-1-3-9(15)4-2-8/h1-6H,7H2. The molecule has 0 aliphatic carbocycles. The summed E-state index contributed by atoms with van der Waals surface area (Å²) in [6.45, 7) is -0.234. The number of hydrogen-bond donors (Lipinski definition) is 0. The largest absolute Gasteiger partial charge is 0.484 e. The van der Waals surface area contributed by atoms with Crippen molar-refractivity contribution in [2.45, 2.75) is 11.5 Å². The third kappa shape index (κ3) is 3.89. The minimum Gasteiger partial charge on any atom is -0.484 e. The second-order valence-corrected chi connectivity index (χ2v) is 6.60. The minimum absolute atomic E-state index is 0.234. The van der Waals surface area contributed by atoms with Crippen molar-refractivity contribution >= 4 is 19.7 Å². The van der Waals surface area contributed by atoms with E-state index >= 15 is 0 Å². The smallest absolute Gasteiger partial charge is 0.265 e. The van der Waals surface area contributed by atoms with Crippen molar-refractivity contribution in [3.05, 3.63) is 59.4 Å². The Bertz CT molecular complexity index is 761. The number of hydrogen-bond acceptors (Lipinski definition) is 3. The van der Waals surface area contributed by atoms with E-state index in [-0.39, 0.29) is 6.61 Å². The highest BCUT2D eigenvalue weighted by molar-refractivity contribution is 8.13. The molecule has 0 saturated carbocycles. The maximum Gasteiger partial charge on any atom is 0.265 e. The highest BCUT2D eigenvalue weighted by Gasteiger charge is 2.22. The average Bonchev–Trinajstić information content (AvgIpc) is 2.38. The van der Waals surface area contributed by atoms with Gasteiger partial charge in [0.15, 0.2) is 11.6 Å². The van der Waals surface area contributed by atoms with E-state index in [1.165, 1.54) is 24.3 Å². The van der Waals surface area contributed by atoms with Gasteiger partial charge in [0.05, 0.1) is 0 Å². The van der Waals surface area contributed by atoms with E-state index in [4.69, 9.17) is 15.4 Å². The monoisotopic (exact) mass is 336 g/mol. The lowest BCUT2D eigenvalue weighted by molar-refractivity contribution is 0.280. The second-order valence-electron chi connectivity index (χ2n) is 4.07. The van der Waals surface area contributed by atoms with Crippen LogP contribution in [0.25, 0.3) is 0 Å². The van der Waals surface area contributed by atoms with Crippen molar-refractivity contribution in [1.29, 1.82) is 0 Å². The molecule has 0 atom stereocenters. The van der Waals surface area contributed by atoms with Gasteiger partial charge in [0.1, 0.15) is 23.1 Å². The predicted octanol–water partition coefficient (Wildman–Crippen LogP) is 3.61. The van der Waals surface area contributed by atoms with Gasteiger partial charge in [-0.1, -0.05) is 12.1 Å². The van der Waals surface area contributed by atoms with E-state index in [1.54, 1.807) is 0 Å². The zero-order chi connectivity index (χ0) is 15.6. The Balaban J connectivity index is 2.33. The summed E-state index contributed by atoms with van der Waals surface area (Å²) in [4.78, 5) is -0.802. The van der Waals surface area contributed by atoms with Crippen LogP contribution >= 0.6 is 10.7 Å². The highest BCUT2D eigenvalue weighted by atomic mass is 35.7. The lowest BCUT2D eigenvalue weighted by Crippen LogP contribution is -2.04. The minimum atomic E-state index is -4.38. The first-order valence-electron chi connectivity index (χ1n) is 5.58. The molecule has 112 valence electrons. The third-order valence-electron chi connectivity index (χ3n) is 2.53. The molecule has 3 nitrogen and oxygen atoms in total. The fraction of sp³-hybridized carbons (Fsp3) is 0.0769. The van der Waals surface area contributed by atoms with Crippen LogP contribution in [0.4, 0.5) is 13.2 Å². The van der Waals surface area contributed by atoms with Crippen LogP contribution in [0.1, 0.15) is 5.56 Å². The highest BCUT2D eigenvalue weighted by Crippen LogP contribution is 2.31. The number of benzene rings is 2. The maximum atomic E-state index is 13.7. The molecule has 0 saturated heterocycles. The Labute approximate surface area is 123 Å². The summed E-state index contributed by atoms with van der Waals surface area (Å²) >= 11 is 0. The molecule has 2 rings (SSSR count). The second kappa shape index (κ2) is 5.95. The van der Waals surface area contributed by atoms with E-state index < -0.39 is 37.1 Å². The molecule has 0 bridgehead atoms. The van der Waals surface area contributed by atoms with Crippen LogP contribution in [0.3, 0.4) is 0 Å². The fourth-order valence-corrected chi connectivity index (χ4v) is 2.57. The van der Waals surface area contributed by atoms with Gasteiger partial charge in [0.2, 0.25) is 0 Å². The summed E-state index contributed by atoms with van der Waals surface area (Å²) in [5.74, 6) is -3.44. The Morgan fingerprint density at radius 1 is 1.00 bits per heavy atom. The molecule has 0 unspecified atom stereocenters. The van der Waals surface area contributed by atoms with Crippen LogP contribution in [0.15, 0.2) is 41.3 Å². The van der Waals surface area contributed by atoms with E-state index in [1.807, 2.05) is 0 Å². The lowest BCUT2D eigenvalue weighted by atomic mass is 10.2. The molecule has 2 aromatic carbocycles. The van der Waals surface area contributed by atoms with Crippen LogP contribution in [0, 0.1) is 17.5 Å². The molecule has 2 aromatic rings. The van der Waals surface area contributed by atoms with Gasteiger partial charge in [-0.3, -0.25) is 0 Å². The van der Waals surface area contributed by atoms with Crippen molar-refractivity contribution in [2.75, 3.05) is 0 Å². The van der Waals surface area contributed by atoms with Crippen LogP contribution in [-0.2, 0) is 15.7 Å². The van der Waals surface area contributed by atoms with E-state index in [0.717, 1.165) is 0 Å². The number of rotatable bonds is 4. The zero-order valence-electron chi connectivity index (χ0n) is 10.3. The van der Waals surface area contributed by atoms with Gasteiger partial charge in [-0.2, -0.15) is 0 Å². The Morgan fingerprint density at radius 2 is 1.62 bits per heavy atom. The molecule has 0 heterocycles. The SMILES string of the molecule is O=S(=O)(Cl)c1cc(F)cc(F)c1OCc1ccc(F)cc1. The molecule has 8 heteroatoms. The maximum absolute atomic E-state index is 13.7. The Kier molecular flexibility index (Phi) is 4.43. The van der Waals surface area contributed by atoms with Gasteiger partial charge in [-0.05, 0) is 23.8 Å². The summed E-state index contributed by atoms with van der Waals surface area (Å²) in [6, 6.07) is 6.13. The summed E-state index contributed by atoms with van der Waals surface area (Å²) in [6.07, 6.45) is 0. The fourth-order valence-electron chi connectivity index (χ4n) is 1.59. The van der Waals surface area contributed by atoms with Crippen LogP contribution in [-0.4, -0.2) is 8.42 Å². The first-order chi connectivity index (χ1) is 9.77. The third-order valence-corrected chi connectivity index (χ3v) is 3.86. The average molecular weight is 337 g/mol. The molecule has 0 amide bonds. The number of ether oxygens (including phenoxy) is 1. The van der Waals surface area contributed by atoms with Crippen molar-refractivity contribution in [1.82, 2.24) is 0 Å². The van der Waals surface area contributed by atoms with Gasteiger partial charge >= 0.3 is 0 Å². The van der Waals surface area contributed by atoms with Crippen molar-refractivity contribution in [2.24, 2.45) is 0 Å². The molecule has 0 fully saturated rings. The molecule has 21 heavy (non-hydrogen) atoms. The first-order valence-corrected chi connectivity index (χ1v) is 7.89. The molecule has 0 aliphatic heterocycles.